The molecule has 2 fully saturated rings. The van der Waals surface area contributed by atoms with Gasteiger partial charge in [-0.25, -0.2) is 0 Å². The molecule has 2 saturated carbocycles. The van der Waals surface area contributed by atoms with Gasteiger partial charge in [0.05, 0.1) is 11.2 Å². The summed E-state index contributed by atoms with van der Waals surface area (Å²) in [6.45, 7) is 9.86. The van der Waals surface area contributed by atoms with Crippen LogP contribution in [0.25, 0.3) is 0 Å². The molecule has 3 rings (SSSR count). The Morgan fingerprint density at radius 1 is 1.12 bits per heavy atom. The molecule has 0 aliphatic heterocycles. The van der Waals surface area contributed by atoms with E-state index in [0.29, 0.717) is 18.6 Å². The number of Topliss-reactive ketones (excluding diaryl/α,β-unsaturated/α-hetero) is 1. The first kappa shape index (κ1) is 19.2. The molecule has 1 aromatic rings. The summed E-state index contributed by atoms with van der Waals surface area (Å²) in [5.41, 5.74) is -1.45. The molecule has 144 valence electrons. The highest BCUT2D eigenvalue weighted by Crippen LogP contribution is 2.64. The van der Waals surface area contributed by atoms with E-state index in [1.165, 1.54) is 0 Å². The monoisotopic (exact) mass is 380 g/mol. The third-order valence-electron chi connectivity index (χ3n) is 6.03. The smallest absolute Gasteiger partial charge is 0.310 e. The van der Waals surface area contributed by atoms with Crippen molar-refractivity contribution in [2.75, 3.05) is 5.75 Å². The van der Waals surface area contributed by atoms with Crippen molar-refractivity contribution in [3.63, 3.8) is 0 Å². The number of rotatable bonds is 5. The highest BCUT2D eigenvalue weighted by Gasteiger charge is 2.65. The normalized spacial score (nSPS) is 27.6. The van der Waals surface area contributed by atoms with Crippen molar-refractivity contribution in [1.82, 2.24) is 0 Å². The first-order chi connectivity index (χ1) is 11.8. The number of hydrogen-bond acceptors (Lipinski definition) is 5. The van der Waals surface area contributed by atoms with E-state index in [-0.39, 0.29) is 34.2 Å². The largest absolute Gasteiger partial charge is 0.488 e. The number of ether oxygens (including phenoxy) is 1. The summed E-state index contributed by atoms with van der Waals surface area (Å²) in [6.07, 6.45) is 2.03. The van der Waals surface area contributed by atoms with Crippen molar-refractivity contribution in [2.45, 2.75) is 59.5 Å². The van der Waals surface area contributed by atoms with E-state index >= 15 is 0 Å². The van der Waals surface area contributed by atoms with E-state index in [1.807, 2.05) is 34.6 Å². The molecule has 2 aliphatic rings. The summed E-state index contributed by atoms with van der Waals surface area (Å²) in [4.78, 5) is 12.5. The zero-order chi connectivity index (χ0) is 19.4. The Kier molecular flexibility index (Phi) is 4.42. The first-order valence-electron chi connectivity index (χ1n) is 9.09. The summed E-state index contributed by atoms with van der Waals surface area (Å²) in [5, 5.41) is 0. The number of hydrogen-bond donors (Lipinski definition) is 0. The van der Waals surface area contributed by atoms with Crippen LogP contribution in [0.4, 0.5) is 0 Å². The van der Waals surface area contributed by atoms with Gasteiger partial charge in [-0.05, 0) is 69.2 Å². The number of carbonyl (C=O) groups is 1. The fourth-order valence-corrected chi connectivity index (χ4v) is 6.25. The third-order valence-corrected chi connectivity index (χ3v) is 7.33. The SMILES string of the molecule is CC(C)(C)Oc1ccc(OS(=O)(=O)CC23CCC(CC2=O)C3(C)C)cc1. The van der Waals surface area contributed by atoms with Crippen molar-refractivity contribution in [3.05, 3.63) is 24.3 Å². The maximum atomic E-state index is 12.7. The van der Waals surface area contributed by atoms with Crippen molar-refractivity contribution in [3.8, 4) is 11.5 Å². The summed E-state index contributed by atoms with van der Waals surface area (Å²) < 4.78 is 36.4. The van der Waals surface area contributed by atoms with Crippen LogP contribution < -0.4 is 8.92 Å². The van der Waals surface area contributed by atoms with Crippen molar-refractivity contribution in [2.24, 2.45) is 16.7 Å². The Bertz CT molecular complexity index is 802. The van der Waals surface area contributed by atoms with Gasteiger partial charge in [0.15, 0.2) is 0 Å². The first-order valence-corrected chi connectivity index (χ1v) is 10.7. The Morgan fingerprint density at radius 2 is 1.69 bits per heavy atom. The molecule has 2 atom stereocenters. The van der Waals surface area contributed by atoms with Crippen LogP contribution in [0.3, 0.4) is 0 Å². The van der Waals surface area contributed by atoms with E-state index in [2.05, 4.69) is 0 Å². The number of fused-ring (bicyclic) bond motifs is 2. The van der Waals surface area contributed by atoms with Gasteiger partial charge in [-0.3, -0.25) is 4.79 Å². The molecule has 0 spiro atoms. The van der Waals surface area contributed by atoms with Crippen molar-refractivity contribution >= 4 is 15.9 Å². The van der Waals surface area contributed by atoms with E-state index in [9.17, 15) is 13.2 Å². The molecule has 0 N–H and O–H groups in total. The highest BCUT2D eigenvalue weighted by molar-refractivity contribution is 7.87. The van der Waals surface area contributed by atoms with Crippen LogP contribution >= 0.6 is 0 Å². The second-order valence-electron chi connectivity index (χ2n) is 9.14. The molecule has 2 unspecified atom stereocenters. The highest BCUT2D eigenvalue weighted by atomic mass is 32.2. The molecule has 1 aromatic carbocycles. The van der Waals surface area contributed by atoms with Crippen LogP contribution in [0.15, 0.2) is 24.3 Å². The van der Waals surface area contributed by atoms with Gasteiger partial charge in [-0.15, -0.1) is 0 Å². The Labute approximate surface area is 156 Å². The minimum atomic E-state index is -3.88. The lowest BCUT2D eigenvalue weighted by Gasteiger charge is -2.35. The minimum absolute atomic E-state index is 0.0693. The molecular formula is C20H28O5S. The van der Waals surface area contributed by atoms with Gasteiger partial charge in [0, 0.05) is 6.42 Å². The predicted octanol–water partition coefficient (Wildman–Crippen LogP) is 3.97. The second kappa shape index (κ2) is 5.98. The Morgan fingerprint density at radius 3 is 2.15 bits per heavy atom. The van der Waals surface area contributed by atoms with Crippen LogP contribution in [-0.4, -0.2) is 25.6 Å². The van der Waals surface area contributed by atoms with Crippen molar-refractivity contribution < 1.29 is 22.1 Å². The molecular weight excluding hydrogens is 352 g/mol. The molecule has 0 amide bonds. The molecule has 0 radical (unpaired) electrons. The summed E-state index contributed by atoms with van der Waals surface area (Å²) >= 11 is 0. The van der Waals surface area contributed by atoms with Crippen LogP contribution in [0.2, 0.25) is 0 Å². The Balaban J connectivity index is 1.75. The Hall–Kier alpha value is -1.56. The average Bonchev–Trinajstić information content (AvgIpc) is 2.81. The van der Waals surface area contributed by atoms with E-state index in [0.717, 1.165) is 6.42 Å². The van der Waals surface area contributed by atoms with Gasteiger partial charge >= 0.3 is 10.1 Å². The minimum Gasteiger partial charge on any atom is -0.488 e. The lowest BCUT2D eigenvalue weighted by molar-refractivity contribution is -0.128. The average molecular weight is 381 g/mol. The standard InChI is InChI=1S/C20H28O5S/c1-18(2,3)24-15-6-8-16(9-7-15)25-26(22,23)13-20-11-10-14(12-17(20)21)19(20,4)5/h6-9,14H,10-13H2,1-5H3. The van der Waals surface area contributed by atoms with Crippen LogP contribution in [-0.2, 0) is 14.9 Å². The molecule has 0 aromatic heterocycles. The third kappa shape index (κ3) is 3.36. The summed E-state index contributed by atoms with van der Waals surface area (Å²) in [5.74, 6) is 0.980. The van der Waals surface area contributed by atoms with Crippen LogP contribution in [0.1, 0.15) is 53.9 Å². The molecule has 5 nitrogen and oxygen atoms in total. The van der Waals surface area contributed by atoms with Gasteiger partial charge in [-0.1, -0.05) is 13.8 Å². The second-order valence-corrected chi connectivity index (χ2v) is 10.7. The topological polar surface area (TPSA) is 69.7 Å². The van der Waals surface area contributed by atoms with Crippen LogP contribution in [0, 0.1) is 16.7 Å². The quantitative estimate of drug-likeness (QED) is 0.723. The zero-order valence-corrected chi connectivity index (χ0v) is 17.0. The van der Waals surface area contributed by atoms with E-state index in [1.54, 1.807) is 24.3 Å². The maximum Gasteiger partial charge on any atom is 0.310 e. The lowest BCUT2D eigenvalue weighted by Crippen LogP contribution is -2.43. The van der Waals surface area contributed by atoms with E-state index in [4.69, 9.17) is 8.92 Å². The van der Waals surface area contributed by atoms with E-state index < -0.39 is 15.5 Å². The van der Waals surface area contributed by atoms with Gasteiger partial charge in [0.2, 0.25) is 0 Å². The molecule has 2 bridgehead atoms. The molecule has 0 heterocycles. The van der Waals surface area contributed by atoms with Gasteiger partial charge < -0.3 is 8.92 Å². The number of carbonyl (C=O) groups excluding carboxylic acids is 1. The number of benzene rings is 1. The van der Waals surface area contributed by atoms with Gasteiger partial charge in [-0.2, -0.15) is 8.42 Å². The van der Waals surface area contributed by atoms with Crippen LogP contribution in [0.5, 0.6) is 11.5 Å². The zero-order valence-electron chi connectivity index (χ0n) is 16.2. The predicted molar refractivity (Wildman–Crippen MR) is 99.8 cm³/mol. The number of ketones is 1. The lowest BCUT2D eigenvalue weighted by atomic mass is 9.70. The molecule has 2 aliphatic carbocycles. The fraction of sp³-hybridized carbons (Fsp3) is 0.650. The summed E-state index contributed by atoms with van der Waals surface area (Å²) in [6, 6.07) is 6.53. The van der Waals surface area contributed by atoms with Gasteiger partial charge in [0.1, 0.15) is 22.9 Å². The summed E-state index contributed by atoms with van der Waals surface area (Å²) in [7, 11) is -3.88. The maximum absolute atomic E-state index is 12.7. The molecule has 6 heteroatoms. The molecule has 26 heavy (non-hydrogen) atoms. The van der Waals surface area contributed by atoms with Gasteiger partial charge in [0.25, 0.3) is 0 Å². The fourth-order valence-electron chi connectivity index (χ4n) is 4.50. The molecule has 0 saturated heterocycles. The van der Waals surface area contributed by atoms with Crippen molar-refractivity contribution in [1.29, 1.82) is 0 Å².